The fourth-order valence-electron chi connectivity index (χ4n) is 5.01. The summed E-state index contributed by atoms with van der Waals surface area (Å²) in [5.41, 5.74) is 1.04. The van der Waals surface area contributed by atoms with Crippen LogP contribution in [0.1, 0.15) is 63.3 Å². The topological polar surface area (TPSA) is 84.3 Å². The van der Waals surface area contributed by atoms with Gasteiger partial charge in [-0.05, 0) is 69.2 Å². The highest BCUT2D eigenvalue weighted by Gasteiger charge is 2.27. The molecule has 6 nitrogen and oxygen atoms in total. The van der Waals surface area contributed by atoms with Crippen LogP contribution < -0.4 is 10.1 Å². The number of rotatable bonds is 8. The molecule has 0 bridgehead atoms. The first kappa shape index (κ1) is 24.8. The molecule has 1 aliphatic rings. The molecule has 0 radical (unpaired) electrons. The monoisotopic (exact) mass is 523 g/mol. The average molecular weight is 524 g/mol. The molecule has 2 aromatic carbocycles. The highest BCUT2D eigenvalue weighted by atomic mass is 35.5. The van der Waals surface area contributed by atoms with Crippen LogP contribution in [0.5, 0.6) is 5.75 Å². The third kappa shape index (κ3) is 5.42. The van der Waals surface area contributed by atoms with E-state index in [1.165, 1.54) is 4.70 Å². The standard InChI is InChI=1S/C28H30ClN3O3S/c1-16(2)35-22-12-9-18(13-21(22)29)15-30-27-25-20-5-3-4-6-23(20)36-28(25)32-26(31-27)19-10-7-17(8-11-19)14-24(33)34/h3-6,9,12-13,16-17,19H,7-8,10-11,14-15H2,1-2H3,(H,33,34)(H,30,31,32). The van der Waals surface area contributed by atoms with Gasteiger partial charge in [-0.15, -0.1) is 11.3 Å². The van der Waals surface area contributed by atoms with E-state index in [0.29, 0.717) is 17.3 Å². The van der Waals surface area contributed by atoms with E-state index < -0.39 is 5.97 Å². The third-order valence-corrected chi connectivity index (χ3v) is 8.11. The molecule has 0 spiro atoms. The van der Waals surface area contributed by atoms with Gasteiger partial charge in [-0.1, -0.05) is 35.9 Å². The quantitative estimate of drug-likeness (QED) is 0.247. The van der Waals surface area contributed by atoms with Crippen LogP contribution in [0.25, 0.3) is 20.3 Å². The molecule has 0 aliphatic heterocycles. The summed E-state index contributed by atoms with van der Waals surface area (Å²) in [7, 11) is 0. The van der Waals surface area contributed by atoms with E-state index in [1.807, 2.05) is 44.2 Å². The molecule has 36 heavy (non-hydrogen) atoms. The molecule has 2 aromatic heterocycles. The van der Waals surface area contributed by atoms with Crippen LogP contribution in [0.4, 0.5) is 5.82 Å². The van der Waals surface area contributed by atoms with Gasteiger partial charge in [-0.2, -0.15) is 0 Å². The Morgan fingerprint density at radius 3 is 2.67 bits per heavy atom. The summed E-state index contributed by atoms with van der Waals surface area (Å²) >= 11 is 8.16. The summed E-state index contributed by atoms with van der Waals surface area (Å²) in [6.07, 6.45) is 3.94. The number of carbonyl (C=O) groups is 1. The number of aromatic nitrogens is 2. The van der Waals surface area contributed by atoms with Gasteiger partial charge in [-0.3, -0.25) is 4.79 Å². The number of benzene rings is 2. The zero-order valence-corrected chi connectivity index (χ0v) is 22.0. The van der Waals surface area contributed by atoms with Crippen molar-refractivity contribution in [2.45, 2.75) is 64.5 Å². The van der Waals surface area contributed by atoms with Gasteiger partial charge in [0.25, 0.3) is 0 Å². The molecule has 2 N–H and O–H groups in total. The fraction of sp³-hybridized carbons (Fsp3) is 0.393. The Bertz CT molecular complexity index is 1400. The largest absolute Gasteiger partial charge is 0.489 e. The number of aliphatic carboxylic acids is 1. The minimum absolute atomic E-state index is 0.0604. The van der Waals surface area contributed by atoms with Crippen LogP contribution >= 0.6 is 22.9 Å². The number of nitrogens with one attached hydrogen (secondary N) is 1. The zero-order chi connectivity index (χ0) is 25.2. The molecule has 8 heteroatoms. The summed E-state index contributed by atoms with van der Waals surface area (Å²) in [5, 5.41) is 15.5. The van der Waals surface area contributed by atoms with Crippen LogP contribution in [0, 0.1) is 5.92 Å². The Labute approximate surface area is 219 Å². The maximum atomic E-state index is 11.1. The molecule has 5 rings (SSSR count). The molecule has 188 valence electrons. The van der Waals surface area contributed by atoms with Crippen LogP contribution in [0.15, 0.2) is 42.5 Å². The van der Waals surface area contributed by atoms with Crippen molar-refractivity contribution in [2.75, 3.05) is 5.32 Å². The minimum atomic E-state index is -0.711. The Hall–Kier alpha value is -2.90. The molecule has 4 aromatic rings. The number of hydrogen-bond donors (Lipinski definition) is 2. The number of hydrogen-bond acceptors (Lipinski definition) is 6. The lowest BCUT2D eigenvalue weighted by atomic mass is 9.80. The first-order valence-corrected chi connectivity index (χ1v) is 13.7. The summed E-state index contributed by atoms with van der Waals surface area (Å²) in [6, 6.07) is 14.2. The van der Waals surface area contributed by atoms with E-state index in [-0.39, 0.29) is 24.4 Å². The van der Waals surface area contributed by atoms with E-state index in [2.05, 4.69) is 17.4 Å². The number of nitrogens with zero attached hydrogens (tertiary/aromatic N) is 2. The molecule has 0 atom stereocenters. The Balaban J connectivity index is 1.43. The van der Waals surface area contributed by atoms with Gasteiger partial charge < -0.3 is 15.2 Å². The predicted molar refractivity (Wildman–Crippen MR) is 146 cm³/mol. The van der Waals surface area contributed by atoms with Crippen molar-refractivity contribution in [1.29, 1.82) is 0 Å². The van der Waals surface area contributed by atoms with Gasteiger partial charge in [-0.25, -0.2) is 9.97 Å². The van der Waals surface area contributed by atoms with Gasteiger partial charge in [0.05, 0.1) is 16.5 Å². The second kappa shape index (κ2) is 10.6. The SMILES string of the molecule is CC(C)Oc1ccc(CNc2nc(C3CCC(CC(=O)O)CC3)nc3sc4ccccc4c23)cc1Cl. The molecular weight excluding hydrogens is 494 g/mol. The average Bonchev–Trinajstić information content (AvgIpc) is 3.22. The number of anilines is 1. The van der Waals surface area contributed by atoms with Crippen molar-refractivity contribution in [1.82, 2.24) is 9.97 Å². The lowest BCUT2D eigenvalue weighted by Gasteiger charge is -2.27. The number of carboxylic acids is 1. The number of halogens is 1. The van der Waals surface area contributed by atoms with Gasteiger partial charge >= 0.3 is 5.97 Å². The Morgan fingerprint density at radius 2 is 1.94 bits per heavy atom. The van der Waals surface area contributed by atoms with Gasteiger partial charge in [0.2, 0.25) is 0 Å². The molecule has 0 unspecified atom stereocenters. The van der Waals surface area contributed by atoms with Crippen molar-refractivity contribution >= 4 is 55.0 Å². The summed E-state index contributed by atoms with van der Waals surface area (Å²) in [4.78, 5) is 22.1. The fourth-order valence-corrected chi connectivity index (χ4v) is 6.34. The van der Waals surface area contributed by atoms with E-state index in [4.69, 9.17) is 31.4 Å². The number of fused-ring (bicyclic) bond motifs is 3. The highest BCUT2D eigenvalue weighted by molar-refractivity contribution is 7.25. The normalized spacial score (nSPS) is 18.1. The Kier molecular flexibility index (Phi) is 7.30. The van der Waals surface area contributed by atoms with Crippen molar-refractivity contribution in [3.8, 4) is 5.75 Å². The maximum Gasteiger partial charge on any atom is 0.303 e. The van der Waals surface area contributed by atoms with Crippen LogP contribution in [-0.2, 0) is 11.3 Å². The van der Waals surface area contributed by atoms with Gasteiger partial charge in [0.1, 0.15) is 22.2 Å². The number of ether oxygens (including phenoxy) is 1. The third-order valence-electron chi connectivity index (χ3n) is 6.75. The number of thiophene rings is 1. The van der Waals surface area contributed by atoms with Gasteiger partial charge in [0, 0.05) is 29.0 Å². The zero-order valence-electron chi connectivity index (χ0n) is 20.5. The van der Waals surface area contributed by atoms with E-state index in [1.54, 1.807) is 11.3 Å². The Morgan fingerprint density at radius 1 is 1.17 bits per heavy atom. The smallest absolute Gasteiger partial charge is 0.303 e. The second-order valence-corrected chi connectivity index (χ2v) is 11.2. The maximum absolute atomic E-state index is 11.1. The lowest BCUT2D eigenvalue weighted by molar-refractivity contribution is -0.138. The van der Waals surface area contributed by atoms with E-state index >= 15 is 0 Å². The van der Waals surface area contributed by atoms with Crippen LogP contribution in [0.2, 0.25) is 5.02 Å². The van der Waals surface area contributed by atoms with Crippen LogP contribution in [0.3, 0.4) is 0 Å². The molecule has 1 saturated carbocycles. The molecule has 0 amide bonds. The molecule has 1 fully saturated rings. The van der Waals surface area contributed by atoms with Crippen molar-refractivity contribution in [2.24, 2.45) is 5.92 Å². The van der Waals surface area contributed by atoms with Crippen molar-refractivity contribution < 1.29 is 14.6 Å². The first-order chi connectivity index (χ1) is 17.4. The molecular formula is C28H30ClN3O3S. The predicted octanol–water partition coefficient (Wildman–Crippen LogP) is 7.65. The molecule has 0 saturated heterocycles. The van der Waals surface area contributed by atoms with Crippen LogP contribution in [-0.4, -0.2) is 27.1 Å². The highest BCUT2D eigenvalue weighted by Crippen LogP contribution is 2.41. The van der Waals surface area contributed by atoms with Crippen molar-refractivity contribution in [3.63, 3.8) is 0 Å². The summed E-state index contributed by atoms with van der Waals surface area (Å²) < 4.78 is 6.95. The van der Waals surface area contributed by atoms with Gasteiger partial charge in [0.15, 0.2) is 0 Å². The molecule has 2 heterocycles. The van der Waals surface area contributed by atoms with Crippen molar-refractivity contribution in [3.05, 3.63) is 58.9 Å². The molecule has 1 aliphatic carbocycles. The summed E-state index contributed by atoms with van der Waals surface area (Å²) in [5.74, 6) is 2.15. The minimum Gasteiger partial charge on any atom is -0.489 e. The van der Waals surface area contributed by atoms with E-state index in [9.17, 15) is 4.79 Å². The second-order valence-electron chi connectivity index (χ2n) is 9.81. The summed E-state index contributed by atoms with van der Waals surface area (Å²) in [6.45, 7) is 4.53. The number of carboxylic acid groups (broad SMARTS) is 1. The first-order valence-electron chi connectivity index (χ1n) is 12.5. The lowest BCUT2D eigenvalue weighted by Crippen LogP contribution is -2.18. The van der Waals surface area contributed by atoms with E-state index in [0.717, 1.165) is 58.5 Å².